The number of aryl methyl sites for hydroxylation is 2. The minimum atomic E-state index is -0.179. The quantitative estimate of drug-likeness (QED) is 0.798. The summed E-state index contributed by atoms with van der Waals surface area (Å²) in [5, 5.41) is 5.66. The van der Waals surface area contributed by atoms with Crippen molar-refractivity contribution in [1.29, 1.82) is 0 Å². The highest BCUT2D eigenvalue weighted by Crippen LogP contribution is 2.18. The van der Waals surface area contributed by atoms with Crippen molar-refractivity contribution in [1.82, 2.24) is 5.32 Å². The summed E-state index contributed by atoms with van der Waals surface area (Å²) < 4.78 is 5.57. The molecule has 0 radical (unpaired) electrons. The zero-order valence-corrected chi connectivity index (χ0v) is 15.8. The van der Waals surface area contributed by atoms with Gasteiger partial charge in [-0.05, 0) is 43.2 Å². The van der Waals surface area contributed by atoms with Crippen LogP contribution in [0.2, 0.25) is 0 Å². The van der Waals surface area contributed by atoms with Crippen molar-refractivity contribution in [3.05, 3.63) is 59.2 Å². The van der Waals surface area contributed by atoms with Crippen LogP contribution in [0.25, 0.3) is 0 Å². The van der Waals surface area contributed by atoms with E-state index in [1.165, 1.54) is 0 Å². The molecule has 0 bridgehead atoms. The Morgan fingerprint density at radius 2 is 1.73 bits per heavy atom. The lowest BCUT2D eigenvalue weighted by atomic mass is 10.1. The van der Waals surface area contributed by atoms with E-state index in [-0.39, 0.29) is 24.3 Å². The molecule has 26 heavy (non-hydrogen) atoms. The highest BCUT2D eigenvalue weighted by Gasteiger charge is 2.08. The Balaban J connectivity index is 1.79. The molecule has 2 N–H and O–H groups in total. The van der Waals surface area contributed by atoms with Crippen LogP contribution in [0, 0.1) is 19.8 Å². The van der Waals surface area contributed by atoms with E-state index < -0.39 is 0 Å². The second kappa shape index (κ2) is 9.04. The predicted molar refractivity (Wildman–Crippen MR) is 103 cm³/mol. The molecule has 5 heteroatoms. The van der Waals surface area contributed by atoms with Crippen LogP contribution in [0.4, 0.5) is 5.69 Å². The third kappa shape index (κ3) is 5.92. The van der Waals surface area contributed by atoms with Crippen LogP contribution in [0.5, 0.6) is 5.75 Å². The first-order valence-corrected chi connectivity index (χ1v) is 8.71. The number of benzene rings is 2. The molecule has 2 aromatic rings. The zero-order valence-electron chi connectivity index (χ0n) is 15.8. The molecule has 0 aliphatic carbocycles. The standard InChI is InChI=1S/C21H26N2O3/c1-14(2)21(25)23-18-8-6-17(7-9-18)12-22-20(24)13-26-19-10-5-15(3)11-16(19)4/h5-11,14H,12-13H2,1-4H3,(H,22,24)(H,23,25). The Bertz CT molecular complexity index is 767. The van der Waals surface area contributed by atoms with Crippen LogP contribution in [-0.2, 0) is 16.1 Å². The third-order valence-corrected chi connectivity index (χ3v) is 3.92. The summed E-state index contributed by atoms with van der Waals surface area (Å²) in [7, 11) is 0. The predicted octanol–water partition coefficient (Wildman–Crippen LogP) is 3.59. The minimum Gasteiger partial charge on any atom is -0.484 e. The fourth-order valence-electron chi connectivity index (χ4n) is 2.35. The molecule has 0 atom stereocenters. The molecule has 0 saturated heterocycles. The van der Waals surface area contributed by atoms with Crippen molar-refractivity contribution in [2.75, 3.05) is 11.9 Å². The van der Waals surface area contributed by atoms with Crippen molar-refractivity contribution in [2.45, 2.75) is 34.2 Å². The Morgan fingerprint density at radius 1 is 1.04 bits per heavy atom. The monoisotopic (exact) mass is 354 g/mol. The van der Waals surface area contributed by atoms with E-state index in [4.69, 9.17) is 4.74 Å². The second-order valence-corrected chi connectivity index (χ2v) is 6.68. The normalized spacial score (nSPS) is 10.5. The van der Waals surface area contributed by atoms with Crippen molar-refractivity contribution in [3.63, 3.8) is 0 Å². The Morgan fingerprint density at radius 3 is 2.35 bits per heavy atom. The first kappa shape index (κ1) is 19.5. The van der Waals surface area contributed by atoms with Crippen LogP contribution < -0.4 is 15.4 Å². The molecule has 0 aliphatic rings. The maximum absolute atomic E-state index is 12.0. The average molecular weight is 354 g/mol. The fraction of sp³-hybridized carbons (Fsp3) is 0.333. The van der Waals surface area contributed by atoms with Gasteiger partial charge in [0.1, 0.15) is 5.75 Å². The molecule has 0 saturated carbocycles. The van der Waals surface area contributed by atoms with Crippen molar-refractivity contribution < 1.29 is 14.3 Å². The van der Waals surface area contributed by atoms with Gasteiger partial charge < -0.3 is 15.4 Å². The van der Waals surface area contributed by atoms with Crippen molar-refractivity contribution in [2.24, 2.45) is 5.92 Å². The average Bonchev–Trinajstić information content (AvgIpc) is 2.60. The van der Waals surface area contributed by atoms with Gasteiger partial charge in [0.2, 0.25) is 5.91 Å². The van der Waals surface area contributed by atoms with Gasteiger partial charge in [-0.1, -0.05) is 43.7 Å². The molecular formula is C21H26N2O3. The third-order valence-electron chi connectivity index (χ3n) is 3.92. The van der Waals surface area contributed by atoms with Crippen molar-refractivity contribution in [3.8, 4) is 5.75 Å². The molecule has 0 heterocycles. The number of rotatable bonds is 7. The topological polar surface area (TPSA) is 67.4 Å². The van der Waals surface area contributed by atoms with Gasteiger partial charge in [-0.2, -0.15) is 0 Å². The van der Waals surface area contributed by atoms with Crippen LogP contribution in [0.15, 0.2) is 42.5 Å². The Hall–Kier alpha value is -2.82. The van der Waals surface area contributed by atoms with Gasteiger partial charge >= 0.3 is 0 Å². The molecule has 0 aromatic heterocycles. The SMILES string of the molecule is Cc1ccc(OCC(=O)NCc2ccc(NC(=O)C(C)C)cc2)c(C)c1. The number of hydrogen-bond acceptors (Lipinski definition) is 3. The number of hydrogen-bond donors (Lipinski definition) is 2. The summed E-state index contributed by atoms with van der Waals surface area (Å²) in [6.45, 7) is 8.06. The summed E-state index contributed by atoms with van der Waals surface area (Å²) in [5.41, 5.74) is 3.87. The van der Waals surface area contributed by atoms with E-state index in [0.717, 1.165) is 28.1 Å². The van der Waals surface area contributed by atoms with Crippen LogP contribution in [-0.4, -0.2) is 18.4 Å². The highest BCUT2D eigenvalue weighted by atomic mass is 16.5. The number of carbonyl (C=O) groups is 2. The molecule has 0 spiro atoms. The summed E-state index contributed by atoms with van der Waals surface area (Å²) in [6, 6.07) is 13.3. The molecule has 138 valence electrons. The summed E-state index contributed by atoms with van der Waals surface area (Å²) in [4.78, 5) is 23.6. The minimum absolute atomic E-state index is 0.0189. The van der Waals surface area contributed by atoms with Crippen molar-refractivity contribution >= 4 is 17.5 Å². The van der Waals surface area contributed by atoms with Gasteiger partial charge in [0.25, 0.3) is 5.91 Å². The van der Waals surface area contributed by atoms with Gasteiger partial charge in [-0.25, -0.2) is 0 Å². The van der Waals surface area contributed by atoms with Gasteiger partial charge in [0.15, 0.2) is 6.61 Å². The lowest BCUT2D eigenvalue weighted by Crippen LogP contribution is -2.28. The molecule has 0 unspecified atom stereocenters. The lowest BCUT2D eigenvalue weighted by molar-refractivity contribution is -0.123. The molecule has 2 aromatic carbocycles. The molecule has 2 amide bonds. The summed E-state index contributed by atoms with van der Waals surface area (Å²) in [5.74, 6) is 0.457. The molecule has 0 aliphatic heterocycles. The van der Waals surface area contributed by atoms with Crippen LogP contribution in [0.1, 0.15) is 30.5 Å². The van der Waals surface area contributed by atoms with E-state index >= 15 is 0 Å². The molecule has 0 fully saturated rings. The van der Waals surface area contributed by atoms with E-state index in [1.54, 1.807) is 0 Å². The van der Waals surface area contributed by atoms with E-state index in [1.807, 2.05) is 70.2 Å². The van der Waals surface area contributed by atoms with Crippen LogP contribution in [0.3, 0.4) is 0 Å². The summed E-state index contributed by atoms with van der Waals surface area (Å²) in [6.07, 6.45) is 0. The fourth-order valence-corrected chi connectivity index (χ4v) is 2.35. The zero-order chi connectivity index (χ0) is 19.1. The molecule has 2 rings (SSSR count). The van der Waals surface area contributed by atoms with E-state index in [2.05, 4.69) is 10.6 Å². The molecular weight excluding hydrogens is 328 g/mol. The lowest BCUT2D eigenvalue weighted by Gasteiger charge is -2.11. The first-order chi connectivity index (χ1) is 12.3. The first-order valence-electron chi connectivity index (χ1n) is 8.71. The largest absolute Gasteiger partial charge is 0.484 e. The maximum atomic E-state index is 12.0. The number of nitrogens with one attached hydrogen (secondary N) is 2. The van der Waals surface area contributed by atoms with Gasteiger partial charge in [0.05, 0.1) is 0 Å². The molecule has 5 nitrogen and oxygen atoms in total. The Labute approximate surface area is 154 Å². The van der Waals surface area contributed by atoms with E-state index in [0.29, 0.717) is 6.54 Å². The van der Waals surface area contributed by atoms with Crippen LogP contribution >= 0.6 is 0 Å². The second-order valence-electron chi connectivity index (χ2n) is 6.68. The Kier molecular flexibility index (Phi) is 6.78. The maximum Gasteiger partial charge on any atom is 0.258 e. The summed E-state index contributed by atoms with van der Waals surface area (Å²) >= 11 is 0. The van der Waals surface area contributed by atoms with E-state index in [9.17, 15) is 9.59 Å². The van der Waals surface area contributed by atoms with Gasteiger partial charge in [-0.3, -0.25) is 9.59 Å². The number of ether oxygens (including phenoxy) is 1. The van der Waals surface area contributed by atoms with Gasteiger partial charge in [-0.15, -0.1) is 0 Å². The number of amides is 2. The smallest absolute Gasteiger partial charge is 0.258 e. The number of carbonyl (C=O) groups excluding carboxylic acids is 2. The highest BCUT2D eigenvalue weighted by molar-refractivity contribution is 5.92. The van der Waals surface area contributed by atoms with Gasteiger partial charge in [0, 0.05) is 18.2 Å². The number of anilines is 1.